The molecule has 1 unspecified atom stereocenters. The van der Waals surface area contributed by atoms with Gasteiger partial charge in [0.05, 0.1) is 12.3 Å². The Balaban J connectivity index is 1.98. The number of alkyl halides is 1. The van der Waals surface area contributed by atoms with Crippen molar-refractivity contribution in [3.05, 3.63) is 0 Å². The van der Waals surface area contributed by atoms with E-state index in [1.165, 1.54) is 0 Å². The lowest BCUT2D eigenvalue weighted by Gasteiger charge is -2.22. The molecule has 3 heteroatoms. The predicted octanol–water partition coefficient (Wildman–Crippen LogP) is 1.50. The van der Waals surface area contributed by atoms with Crippen LogP contribution in [0.5, 0.6) is 0 Å². The van der Waals surface area contributed by atoms with Gasteiger partial charge in [0.1, 0.15) is 0 Å². The zero-order valence-corrected chi connectivity index (χ0v) is 7.68. The van der Waals surface area contributed by atoms with Gasteiger partial charge in [-0.2, -0.15) is 0 Å². The summed E-state index contributed by atoms with van der Waals surface area (Å²) in [4.78, 5) is 0. The van der Waals surface area contributed by atoms with E-state index in [1.807, 2.05) is 0 Å². The molecule has 1 aliphatic heterocycles. The minimum Gasteiger partial charge on any atom is -0.378 e. The molecule has 1 saturated heterocycles. The van der Waals surface area contributed by atoms with Crippen LogP contribution in [0.2, 0.25) is 0 Å². The maximum atomic E-state index is 12.4. The second-order valence-electron chi connectivity index (χ2n) is 3.39. The van der Waals surface area contributed by atoms with E-state index in [4.69, 9.17) is 4.74 Å². The largest absolute Gasteiger partial charge is 0.378 e. The Morgan fingerprint density at radius 2 is 2.17 bits per heavy atom. The molecule has 1 fully saturated rings. The fourth-order valence-electron chi connectivity index (χ4n) is 1.36. The number of hydrogen-bond acceptors (Lipinski definition) is 2. The van der Waals surface area contributed by atoms with Gasteiger partial charge in [-0.25, -0.2) is 4.39 Å². The van der Waals surface area contributed by atoms with Crippen LogP contribution in [-0.2, 0) is 4.74 Å². The van der Waals surface area contributed by atoms with E-state index in [9.17, 15) is 4.39 Å². The Kier molecular flexibility index (Phi) is 4.54. The number of rotatable bonds is 4. The Bertz CT molecular complexity index is 113. The third-order valence-electron chi connectivity index (χ3n) is 2.16. The van der Waals surface area contributed by atoms with Crippen molar-refractivity contribution in [2.45, 2.75) is 38.5 Å². The molecule has 1 atom stereocenters. The summed E-state index contributed by atoms with van der Waals surface area (Å²) in [5.41, 5.74) is 0. The van der Waals surface area contributed by atoms with Crippen LogP contribution in [-0.4, -0.2) is 32.0 Å². The molecule has 1 heterocycles. The van der Waals surface area contributed by atoms with E-state index in [0.29, 0.717) is 19.1 Å². The molecule has 0 aromatic rings. The van der Waals surface area contributed by atoms with Crippen molar-refractivity contribution in [2.75, 3.05) is 19.7 Å². The first-order valence-electron chi connectivity index (χ1n) is 4.75. The SMILES string of the molecule is CC(F)CCOC1CCNCC1. The predicted molar refractivity (Wildman–Crippen MR) is 47.0 cm³/mol. The molecule has 2 nitrogen and oxygen atoms in total. The second kappa shape index (κ2) is 5.49. The quantitative estimate of drug-likeness (QED) is 0.699. The maximum Gasteiger partial charge on any atom is 0.0995 e. The van der Waals surface area contributed by atoms with E-state index >= 15 is 0 Å². The van der Waals surface area contributed by atoms with Gasteiger partial charge in [0.2, 0.25) is 0 Å². The van der Waals surface area contributed by atoms with Crippen LogP contribution < -0.4 is 5.32 Å². The highest BCUT2D eigenvalue weighted by molar-refractivity contribution is 4.68. The van der Waals surface area contributed by atoms with E-state index < -0.39 is 6.17 Å². The lowest BCUT2D eigenvalue weighted by Crippen LogP contribution is -2.32. The van der Waals surface area contributed by atoms with E-state index in [1.54, 1.807) is 6.92 Å². The summed E-state index contributed by atoms with van der Waals surface area (Å²) in [7, 11) is 0. The lowest BCUT2D eigenvalue weighted by molar-refractivity contribution is 0.0240. The molecule has 1 rings (SSSR count). The van der Waals surface area contributed by atoms with Crippen molar-refractivity contribution < 1.29 is 9.13 Å². The maximum absolute atomic E-state index is 12.4. The molecule has 1 N–H and O–H groups in total. The van der Waals surface area contributed by atoms with E-state index in [0.717, 1.165) is 25.9 Å². The molecular weight excluding hydrogens is 157 g/mol. The monoisotopic (exact) mass is 175 g/mol. The fraction of sp³-hybridized carbons (Fsp3) is 1.00. The first-order chi connectivity index (χ1) is 5.79. The Morgan fingerprint density at radius 3 is 2.75 bits per heavy atom. The molecule has 0 spiro atoms. The molecule has 0 amide bonds. The first-order valence-corrected chi connectivity index (χ1v) is 4.75. The lowest BCUT2D eigenvalue weighted by atomic mass is 10.1. The fourth-order valence-corrected chi connectivity index (χ4v) is 1.36. The Morgan fingerprint density at radius 1 is 1.50 bits per heavy atom. The molecule has 0 aromatic heterocycles. The van der Waals surface area contributed by atoms with Crippen LogP contribution in [0.3, 0.4) is 0 Å². The van der Waals surface area contributed by atoms with Crippen LogP contribution >= 0.6 is 0 Å². The van der Waals surface area contributed by atoms with Crippen LogP contribution in [0.4, 0.5) is 4.39 Å². The third-order valence-corrected chi connectivity index (χ3v) is 2.16. The number of nitrogens with one attached hydrogen (secondary N) is 1. The zero-order valence-electron chi connectivity index (χ0n) is 7.68. The molecule has 1 aliphatic rings. The van der Waals surface area contributed by atoms with Gasteiger partial charge >= 0.3 is 0 Å². The minimum absolute atomic E-state index is 0.366. The van der Waals surface area contributed by atoms with Gasteiger partial charge in [0.15, 0.2) is 0 Å². The van der Waals surface area contributed by atoms with Crippen molar-refractivity contribution in [1.29, 1.82) is 0 Å². The number of hydrogen-bond donors (Lipinski definition) is 1. The highest BCUT2D eigenvalue weighted by Crippen LogP contribution is 2.08. The van der Waals surface area contributed by atoms with E-state index in [2.05, 4.69) is 5.32 Å². The van der Waals surface area contributed by atoms with Crippen molar-refractivity contribution in [3.8, 4) is 0 Å². The van der Waals surface area contributed by atoms with Crippen molar-refractivity contribution in [1.82, 2.24) is 5.32 Å². The molecule has 0 saturated carbocycles. The molecule has 0 radical (unpaired) electrons. The van der Waals surface area contributed by atoms with Crippen molar-refractivity contribution in [2.24, 2.45) is 0 Å². The summed E-state index contributed by atoms with van der Waals surface area (Å²) in [5, 5.41) is 3.26. The summed E-state index contributed by atoms with van der Waals surface area (Å²) in [6, 6.07) is 0. The number of piperidine rings is 1. The smallest absolute Gasteiger partial charge is 0.0995 e. The topological polar surface area (TPSA) is 21.3 Å². The Hall–Kier alpha value is -0.150. The van der Waals surface area contributed by atoms with Crippen molar-refractivity contribution >= 4 is 0 Å². The summed E-state index contributed by atoms with van der Waals surface area (Å²) < 4.78 is 17.9. The average molecular weight is 175 g/mol. The van der Waals surface area contributed by atoms with Gasteiger partial charge < -0.3 is 10.1 Å². The van der Waals surface area contributed by atoms with Crippen LogP contribution in [0.15, 0.2) is 0 Å². The normalized spacial score (nSPS) is 22.5. The zero-order chi connectivity index (χ0) is 8.81. The molecule has 72 valence electrons. The van der Waals surface area contributed by atoms with Crippen LogP contribution in [0.1, 0.15) is 26.2 Å². The first kappa shape index (κ1) is 9.93. The summed E-state index contributed by atoms with van der Waals surface area (Å²) in [6.45, 7) is 4.22. The molecule has 0 bridgehead atoms. The second-order valence-corrected chi connectivity index (χ2v) is 3.39. The number of ether oxygens (including phenoxy) is 1. The van der Waals surface area contributed by atoms with Crippen LogP contribution in [0.25, 0.3) is 0 Å². The van der Waals surface area contributed by atoms with Gasteiger partial charge in [-0.1, -0.05) is 0 Å². The van der Waals surface area contributed by atoms with E-state index in [-0.39, 0.29) is 0 Å². The minimum atomic E-state index is -0.730. The summed E-state index contributed by atoms with van der Waals surface area (Å²) in [5.74, 6) is 0. The highest BCUT2D eigenvalue weighted by atomic mass is 19.1. The van der Waals surface area contributed by atoms with Gasteiger partial charge in [-0.15, -0.1) is 0 Å². The molecular formula is C9H18FNO. The highest BCUT2D eigenvalue weighted by Gasteiger charge is 2.12. The Labute approximate surface area is 73.5 Å². The average Bonchev–Trinajstić information content (AvgIpc) is 2.05. The van der Waals surface area contributed by atoms with Gasteiger partial charge in [0.25, 0.3) is 0 Å². The summed E-state index contributed by atoms with van der Waals surface area (Å²) >= 11 is 0. The summed E-state index contributed by atoms with van der Waals surface area (Å²) in [6.07, 6.45) is 2.31. The van der Waals surface area contributed by atoms with Crippen molar-refractivity contribution in [3.63, 3.8) is 0 Å². The van der Waals surface area contributed by atoms with Gasteiger partial charge in [-0.3, -0.25) is 0 Å². The molecule has 12 heavy (non-hydrogen) atoms. The third kappa shape index (κ3) is 4.02. The molecule has 0 aromatic carbocycles. The standard InChI is InChI=1S/C9H18FNO/c1-8(10)4-7-12-9-2-5-11-6-3-9/h8-9,11H,2-7H2,1H3. The molecule has 0 aliphatic carbocycles. The van der Waals surface area contributed by atoms with Crippen LogP contribution in [0, 0.1) is 0 Å². The van der Waals surface area contributed by atoms with Gasteiger partial charge in [0, 0.05) is 13.0 Å². The van der Waals surface area contributed by atoms with Gasteiger partial charge in [-0.05, 0) is 32.9 Å². The number of halogens is 1.